The van der Waals surface area contributed by atoms with Crippen molar-refractivity contribution in [3.63, 3.8) is 0 Å². The molecule has 0 aliphatic carbocycles. The largest absolute Gasteiger partial charge is 0.395 e. The molecule has 0 saturated carbocycles. The van der Waals surface area contributed by atoms with E-state index in [1.807, 2.05) is 11.8 Å². The van der Waals surface area contributed by atoms with Gasteiger partial charge in [-0.1, -0.05) is 31.3 Å². The summed E-state index contributed by atoms with van der Waals surface area (Å²) < 4.78 is 0. The predicted octanol–water partition coefficient (Wildman–Crippen LogP) is 0.573. The molecule has 1 amide bonds. The molecule has 0 atom stereocenters. The molecule has 104 valence electrons. The minimum absolute atomic E-state index is 0.0397. The van der Waals surface area contributed by atoms with Gasteiger partial charge in [-0.3, -0.25) is 9.69 Å². The molecule has 0 spiro atoms. The van der Waals surface area contributed by atoms with Crippen LogP contribution in [-0.4, -0.2) is 47.1 Å². The molecule has 4 N–H and O–H groups in total. The minimum Gasteiger partial charge on any atom is -0.395 e. The van der Waals surface area contributed by atoms with Crippen LogP contribution in [0.15, 0.2) is 24.3 Å². The molecule has 0 fully saturated rings. The Balaban J connectivity index is 2.61. The number of benzene rings is 1. The van der Waals surface area contributed by atoms with Crippen LogP contribution in [-0.2, 0) is 4.79 Å². The molecule has 0 aliphatic rings. The lowest BCUT2D eigenvalue weighted by atomic mass is 10.2. The van der Waals surface area contributed by atoms with Crippen molar-refractivity contribution in [2.45, 2.75) is 6.92 Å². The van der Waals surface area contributed by atoms with E-state index in [0.29, 0.717) is 23.8 Å². The quantitative estimate of drug-likeness (QED) is 0.637. The van der Waals surface area contributed by atoms with E-state index in [-0.39, 0.29) is 19.1 Å². The number of nitrogens with one attached hydrogen (secondary N) is 1. The highest BCUT2D eigenvalue weighted by molar-refractivity contribution is 7.80. The summed E-state index contributed by atoms with van der Waals surface area (Å²) in [5, 5.41) is 11.6. The Morgan fingerprint density at radius 2 is 2.26 bits per heavy atom. The molecule has 19 heavy (non-hydrogen) atoms. The van der Waals surface area contributed by atoms with Gasteiger partial charge in [0.15, 0.2) is 0 Å². The van der Waals surface area contributed by atoms with Gasteiger partial charge in [0, 0.05) is 17.8 Å². The van der Waals surface area contributed by atoms with Gasteiger partial charge >= 0.3 is 0 Å². The summed E-state index contributed by atoms with van der Waals surface area (Å²) in [4.78, 5) is 14.0. The maximum Gasteiger partial charge on any atom is 0.238 e. The lowest BCUT2D eigenvalue weighted by Gasteiger charge is -2.18. The summed E-state index contributed by atoms with van der Waals surface area (Å²) in [7, 11) is 0. The third kappa shape index (κ3) is 5.34. The molecule has 1 aromatic rings. The van der Waals surface area contributed by atoms with E-state index >= 15 is 0 Å². The average Bonchev–Trinajstić information content (AvgIpc) is 2.38. The van der Waals surface area contributed by atoms with Gasteiger partial charge in [-0.25, -0.2) is 0 Å². The molecule has 0 saturated heterocycles. The van der Waals surface area contributed by atoms with Crippen molar-refractivity contribution in [3.05, 3.63) is 29.8 Å². The zero-order chi connectivity index (χ0) is 14.3. The van der Waals surface area contributed by atoms with Gasteiger partial charge in [-0.15, -0.1) is 0 Å². The van der Waals surface area contributed by atoms with Crippen LogP contribution in [0.4, 0.5) is 5.69 Å². The van der Waals surface area contributed by atoms with Crippen molar-refractivity contribution in [3.8, 4) is 0 Å². The molecule has 1 aromatic carbocycles. The highest BCUT2D eigenvalue weighted by Gasteiger charge is 2.09. The number of aliphatic hydroxyl groups excluding tert-OH is 1. The number of carbonyl (C=O) groups excluding carboxylic acids is 1. The molecular weight excluding hydrogens is 262 g/mol. The van der Waals surface area contributed by atoms with Crippen LogP contribution in [0.2, 0.25) is 0 Å². The van der Waals surface area contributed by atoms with Crippen molar-refractivity contribution in [1.29, 1.82) is 0 Å². The molecule has 6 heteroatoms. The minimum atomic E-state index is -0.129. The maximum atomic E-state index is 11.8. The molecule has 0 unspecified atom stereocenters. The fourth-order valence-electron chi connectivity index (χ4n) is 1.64. The summed E-state index contributed by atoms with van der Waals surface area (Å²) in [6.45, 7) is 3.42. The molecule has 0 aliphatic heterocycles. The van der Waals surface area contributed by atoms with Crippen molar-refractivity contribution >= 4 is 28.8 Å². The van der Waals surface area contributed by atoms with E-state index in [4.69, 9.17) is 23.1 Å². The van der Waals surface area contributed by atoms with Crippen LogP contribution in [0.1, 0.15) is 12.5 Å². The summed E-state index contributed by atoms with van der Waals surface area (Å²) in [6.07, 6.45) is 0. The third-order valence-corrected chi connectivity index (χ3v) is 2.90. The van der Waals surface area contributed by atoms with Crippen LogP contribution < -0.4 is 11.1 Å². The smallest absolute Gasteiger partial charge is 0.238 e. The van der Waals surface area contributed by atoms with E-state index in [1.165, 1.54) is 0 Å². The summed E-state index contributed by atoms with van der Waals surface area (Å²) in [5.74, 6) is -0.129. The summed E-state index contributed by atoms with van der Waals surface area (Å²) in [6, 6.07) is 7.10. The molecule has 1 rings (SSSR count). The van der Waals surface area contributed by atoms with Crippen LogP contribution in [0.25, 0.3) is 0 Å². The van der Waals surface area contributed by atoms with Crippen molar-refractivity contribution in [2.24, 2.45) is 5.73 Å². The van der Waals surface area contributed by atoms with Crippen LogP contribution in [0.5, 0.6) is 0 Å². The molecule has 0 heterocycles. The Kier molecular flexibility index (Phi) is 6.41. The topological polar surface area (TPSA) is 78.6 Å². The van der Waals surface area contributed by atoms with Crippen LogP contribution in [0, 0.1) is 0 Å². The lowest BCUT2D eigenvalue weighted by Crippen LogP contribution is -2.35. The lowest BCUT2D eigenvalue weighted by molar-refractivity contribution is -0.117. The fourth-order valence-corrected chi connectivity index (χ4v) is 1.77. The molecule has 5 nitrogen and oxygen atoms in total. The second-order valence-electron chi connectivity index (χ2n) is 4.09. The Labute approximate surface area is 118 Å². The first-order valence-corrected chi connectivity index (χ1v) is 6.50. The summed E-state index contributed by atoms with van der Waals surface area (Å²) in [5.41, 5.74) is 6.92. The predicted molar refractivity (Wildman–Crippen MR) is 80.2 cm³/mol. The van der Waals surface area contributed by atoms with E-state index < -0.39 is 0 Å². The first-order valence-electron chi connectivity index (χ1n) is 6.09. The SMILES string of the molecule is CCN(CCO)CC(=O)Nc1cccc(C(N)=S)c1. The van der Waals surface area contributed by atoms with Gasteiger partial charge in [0.25, 0.3) is 0 Å². The zero-order valence-electron chi connectivity index (χ0n) is 10.9. The van der Waals surface area contributed by atoms with E-state index in [1.54, 1.807) is 24.3 Å². The van der Waals surface area contributed by atoms with Gasteiger partial charge in [0.05, 0.1) is 13.2 Å². The number of hydrogen-bond acceptors (Lipinski definition) is 4. The number of rotatable bonds is 7. The van der Waals surface area contributed by atoms with Gasteiger partial charge in [-0.2, -0.15) is 0 Å². The van der Waals surface area contributed by atoms with Crippen molar-refractivity contribution < 1.29 is 9.90 Å². The maximum absolute atomic E-state index is 11.8. The number of amides is 1. The van der Waals surface area contributed by atoms with E-state index in [0.717, 1.165) is 5.56 Å². The second-order valence-corrected chi connectivity index (χ2v) is 4.53. The van der Waals surface area contributed by atoms with Crippen molar-refractivity contribution in [2.75, 3.05) is 31.6 Å². The highest BCUT2D eigenvalue weighted by Crippen LogP contribution is 2.10. The fraction of sp³-hybridized carbons (Fsp3) is 0.385. The van der Waals surface area contributed by atoms with E-state index in [2.05, 4.69) is 5.32 Å². The number of likely N-dealkylation sites (N-methyl/N-ethyl adjacent to an activating group) is 1. The Morgan fingerprint density at radius 1 is 1.53 bits per heavy atom. The standard InChI is InChI=1S/C13H19N3O2S/c1-2-16(6-7-17)9-12(18)15-11-5-3-4-10(8-11)13(14)19/h3-5,8,17H,2,6-7,9H2,1H3,(H2,14,19)(H,15,18). The second kappa shape index (κ2) is 7.83. The number of anilines is 1. The Hall–Kier alpha value is -1.50. The number of thiocarbonyl (C=S) groups is 1. The van der Waals surface area contributed by atoms with Gasteiger partial charge < -0.3 is 16.2 Å². The monoisotopic (exact) mass is 281 g/mol. The molecular formula is C13H19N3O2S. The molecule has 0 aromatic heterocycles. The third-order valence-electron chi connectivity index (χ3n) is 2.66. The normalized spacial score (nSPS) is 10.5. The number of nitrogens with zero attached hydrogens (tertiary/aromatic N) is 1. The average molecular weight is 281 g/mol. The first-order chi connectivity index (χ1) is 9.06. The Bertz CT molecular complexity index is 451. The summed E-state index contributed by atoms with van der Waals surface area (Å²) >= 11 is 4.89. The first kappa shape index (κ1) is 15.6. The van der Waals surface area contributed by atoms with Crippen molar-refractivity contribution in [1.82, 2.24) is 4.90 Å². The number of hydrogen-bond donors (Lipinski definition) is 3. The zero-order valence-corrected chi connectivity index (χ0v) is 11.7. The van der Waals surface area contributed by atoms with Gasteiger partial charge in [-0.05, 0) is 18.7 Å². The number of nitrogens with two attached hydrogens (primary N) is 1. The van der Waals surface area contributed by atoms with Gasteiger partial charge in [0.1, 0.15) is 4.99 Å². The number of carbonyl (C=O) groups is 1. The van der Waals surface area contributed by atoms with Crippen LogP contribution in [0.3, 0.4) is 0 Å². The molecule has 0 bridgehead atoms. The Morgan fingerprint density at radius 3 is 2.84 bits per heavy atom. The highest BCUT2D eigenvalue weighted by atomic mass is 32.1. The van der Waals surface area contributed by atoms with Crippen LogP contribution >= 0.6 is 12.2 Å². The molecule has 0 radical (unpaired) electrons. The van der Waals surface area contributed by atoms with E-state index in [9.17, 15) is 4.79 Å². The van der Waals surface area contributed by atoms with Gasteiger partial charge in [0.2, 0.25) is 5.91 Å². The number of aliphatic hydroxyl groups is 1.